The topological polar surface area (TPSA) is 21.3 Å². The van der Waals surface area contributed by atoms with Crippen LogP contribution in [0.25, 0.3) is 0 Å². The van der Waals surface area contributed by atoms with Crippen molar-refractivity contribution in [2.45, 2.75) is 19.9 Å². The summed E-state index contributed by atoms with van der Waals surface area (Å²) in [6.07, 6.45) is 0. The predicted octanol–water partition coefficient (Wildman–Crippen LogP) is 4.59. The van der Waals surface area contributed by atoms with E-state index in [1.807, 2.05) is 25.1 Å². The van der Waals surface area contributed by atoms with Crippen molar-refractivity contribution < 1.29 is 17.9 Å². The highest BCUT2D eigenvalue weighted by Gasteiger charge is 2.15. The van der Waals surface area contributed by atoms with Crippen molar-refractivity contribution in [1.82, 2.24) is 0 Å². The molecule has 0 aromatic heterocycles. The van der Waals surface area contributed by atoms with Gasteiger partial charge in [-0.15, -0.1) is 0 Å². The number of aryl methyl sites for hydroxylation is 1. The second-order valence-electron chi connectivity index (χ2n) is 4.86. The van der Waals surface area contributed by atoms with E-state index in [9.17, 15) is 13.2 Å². The molecule has 0 aliphatic carbocycles. The highest BCUT2D eigenvalue weighted by atomic mass is 19.2. The molecule has 0 radical (unpaired) electrons. The van der Waals surface area contributed by atoms with E-state index in [0.717, 1.165) is 17.2 Å². The molecule has 0 bridgehead atoms. The van der Waals surface area contributed by atoms with Gasteiger partial charge in [-0.3, -0.25) is 0 Å². The predicted molar refractivity (Wildman–Crippen MR) is 76.1 cm³/mol. The van der Waals surface area contributed by atoms with Gasteiger partial charge in [-0.2, -0.15) is 0 Å². The molecule has 0 heterocycles. The molecular weight excluding hydrogens is 279 g/mol. The molecule has 2 rings (SSSR count). The van der Waals surface area contributed by atoms with Crippen molar-refractivity contribution in [3.8, 4) is 5.75 Å². The van der Waals surface area contributed by atoms with Gasteiger partial charge in [0.15, 0.2) is 11.6 Å². The van der Waals surface area contributed by atoms with Crippen molar-refractivity contribution in [2.24, 2.45) is 0 Å². The molecule has 2 nitrogen and oxygen atoms in total. The minimum Gasteiger partial charge on any atom is -0.496 e. The highest BCUT2D eigenvalue weighted by molar-refractivity contribution is 5.49. The smallest absolute Gasteiger partial charge is 0.161 e. The zero-order valence-corrected chi connectivity index (χ0v) is 12.0. The number of hydrogen-bond donors (Lipinski definition) is 1. The van der Waals surface area contributed by atoms with E-state index >= 15 is 0 Å². The fourth-order valence-electron chi connectivity index (χ4n) is 2.12. The second-order valence-corrected chi connectivity index (χ2v) is 4.86. The molecule has 1 unspecified atom stereocenters. The van der Waals surface area contributed by atoms with E-state index in [2.05, 4.69) is 5.32 Å². The largest absolute Gasteiger partial charge is 0.496 e. The average Bonchev–Trinajstić information content (AvgIpc) is 2.44. The Bertz CT molecular complexity index is 658. The third-order valence-corrected chi connectivity index (χ3v) is 3.24. The molecule has 0 aliphatic rings. The number of methoxy groups -OCH3 is 1. The third-order valence-electron chi connectivity index (χ3n) is 3.24. The van der Waals surface area contributed by atoms with Crippen LogP contribution in [0.3, 0.4) is 0 Å². The molecule has 112 valence electrons. The zero-order valence-electron chi connectivity index (χ0n) is 12.0. The maximum absolute atomic E-state index is 13.7. The summed E-state index contributed by atoms with van der Waals surface area (Å²) in [5, 5.41) is 2.83. The Balaban J connectivity index is 2.30. The van der Waals surface area contributed by atoms with E-state index in [0.29, 0.717) is 11.8 Å². The molecule has 5 heteroatoms. The van der Waals surface area contributed by atoms with Crippen LogP contribution in [0.2, 0.25) is 0 Å². The van der Waals surface area contributed by atoms with Gasteiger partial charge in [0.2, 0.25) is 0 Å². The normalized spacial score (nSPS) is 12.1. The Morgan fingerprint density at radius 3 is 2.33 bits per heavy atom. The Kier molecular flexibility index (Phi) is 4.40. The first kappa shape index (κ1) is 15.2. The summed E-state index contributed by atoms with van der Waals surface area (Å²) in [7, 11) is 1.54. The molecule has 0 amide bonds. The Hall–Kier alpha value is -2.17. The Morgan fingerprint density at radius 1 is 1.00 bits per heavy atom. The van der Waals surface area contributed by atoms with Gasteiger partial charge in [-0.1, -0.05) is 12.1 Å². The average molecular weight is 295 g/mol. The number of ether oxygens (including phenoxy) is 1. The lowest BCUT2D eigenvalue weighted by Gasteiger charge is -2.19. The molecule has 0 spiro atoms. The molecular formula is C16H16F3NO. The number of rotatable bonds is 4. The first-order chi connectivity index (χ1) is 9.92. The summed E-state index contributed by atoms with van der Waals surface area (Å²) in [4.78, 5) is 0. The Morgan fingerprint density at radius 2 is 1.67 bits per heavy atom. The van der Waals surface area contributed by atoms with Crippen LogP contribution >= 0.6 is 0 Å². The lowest BCUT2D eigenvalue weighted by molar-refractivity contribution is 0.407. The summed E-state index contributed by atoms with van der Waals surface area (Å²) in [5.74, 6) is -2.49. The van der Waals surface area contributed by atoms with E-state index in [1.165, 1.54) is 0 Å². The second kappa shape index (κ2) is 6.08. The van der Waals surface area contributed by atoms with E-state index < -0.39 is 17.5 Å². The number of hydrogen-bond acceptors (Lipinski definition) is 2. The van der Waals surface area contributed by atoms with E-state index in [-0.39, 0.29) is 11.7 Å². The van der Waals surface area contributed by atoms with Gasteiger partial charge < -0.3 is 10.1 Å². The van der Waals surface area contributed by atoms with E-state index in [1.54, 1.807) is 14.0 Å². The molecule has 0 saturated carbocycles. The van der Waals surface area contributed by atoms with Crippen molar-refractivity contribution >= 4 is 5.69 Å². The SMILES string of the molecule is COc1cc(C)ccc1C(C)Nc1cc(F)c(F)cc1F. The Labute approximate surface area is 121 Å². The maximum atomic E-state index is 13.7. The molecule has 0 saturated heterocycles. The monoisotopic (exact) mass is 295 g/mol. The number of benzene rings is 2. The van der Waals surface area contributed by atoms with Gasteiger partial charge in [0.05, 0.1) is 18.8 Å². The number of anilines is 1. The van der Waals surface area contributed by atoms with Crippen molar-refractivity contribution in [3.05, 3.63) is 58.9 Å². The summed E-state index contributed by atoms with van der Waals surface area (Å²) < 4.78 is 45.1. The molecule has 0 fully saturated rings. The van der Waals surface area contributed by atoms with Crippen molar-refractivity contribution in [1.29, 1.82) is 0 Å². The molecule has 2 aromatic rings. The first-order valence-electron chi connectivity index (χ1n) is 6.48. The molecule has 1 atom stereocenters. The highest BCUT2D eigenvalue weighted by Crippen LogP contribution is 2.30. The minimum atomic E-state index is -1.21. The fourth-order valence-corrected chi connectivity index (χ4v) is 2.12. The van der Waals surface area contributed by atoms with Gasteiger partial charge in [-0.05, 0) is 25.5 Å². The van der Waals surface area contributed by atoms with Gasteiger partial charge in [0.25, 0.3) is 0 Å². The summed E-state index contributed by atoms with van der Waals surface area (Å²) >= 11 is 0. The summed E-state index contributed by atoms with van der Waals surface area (Å²) in [6, 6.07) is 6.61. The maximum Gasteiger partial charge on any atom is 0.161 e. The fraction of sp³-hybridized carbons (Fsp3) is 0.250. The van der Waals surface area contributed by atoms with Crippen LogP contribution in [-0.4, -0.2) is 7.11 Å². The van der Waals surface area contributed by atoms with Gasteiger partial charge in [-0.25, -0.2) is 13.2 Å². The lowest BCUT2D eigenvalue weighted by atomic mass is 10.0. The van der Waals surface area contributed by atoms with E-state index in [4.69, 9.17) is 4.74 Å². The molecule has 1 N–H and O–H groups in total. The van der Waals surface area contributed by atoms with Crippen LogP contribution in [0.1, 0.15) is 24.1 Å². The van der Waals surface area contributed by atoms with Crippen molar-refractivity contribution in [3.63, 3.8) is 0 Å². The van der Waals surface area contributed by atoms with Crippen LogP contribution in [0, 0.1) is 24.4 Å². The molecule has 21 heavy (non-hydrogen) atoms. The quantitative estimate of drug-likeness (QED) is 0.833. The lowest BCUT2D eigenvalue weighted by Crippen LogP contribution is -2.10. The van der Waals surface area contributed by atoms with Crippen LogP contribution in [0.15, 0.2) is 30.3 Å². The first-order valence-corrected chi connectivity index (χ1v) is 6.48. The number of halogens is 3. The minimum absolute atomic E-state index is 0.0935. The van der Waals surface area contributed by atoms with Crippen LogP contribution in [-0.2, 0) is 0 Å². The summed E-state index contributed by atoms with van der Waals surface area (Å²) in [6.45, 7) is 3.72. The van der Waals surface area contributed by atoms with Crippen LogP contribution in [0.4, 0.5) is 18.9 Å². The standard InChI is InChI=1S/C16H16F3NO/c1-9-4-5-11(16(6-9)21-3)10(2)20-15-8-13(18)12(17)7-14(15)19/h4-8,10,20H,1-3H3. The summed E-state index contributed by atoms with van der Waals surface area (Å²) in [5.41, 5.74) is 1.73. The molecule has 2 aromatic carbocycles. The zero-order chi connectivity index (χ0) is 15.6. The van der Waals surface area contributed by atoms with Crippen LogP contribution in [0.5, 0.6) is 5.75 Å². The van der Waals surface area contributed by atoms with Gasteiger partial charge in [0.1, 0.15) is 11.6 Å². The van der Waals surface area contributed by atoms with Crippen molar-refractivity contribution in [2.75, 3.05) is 12.4 Å². The number of nitrogens with one attached hydrogen (secondary N) is 1. The third kappa shape index (κ3) is 3.29. The van der Waals surface area contributed by atoms with Crippen LogP contribution < -0.4 is 10.1 Å². The van der Waals surface area contributed by atoms with Gasteiger partial charge in [0, 0.05) is 17.7 Å². The molecule has 0 aliphatic heterocycles. The van der Waals surface area contributed by atoms with Gasteiger partial charge >= 0.3 is 0 Å².